The molecule has 90 valence electrons. The number of aromatic nitrogens is 2. The van der Waals surface area contributed by atoms with Gasteiger partial charge < -0.3 is 15.0 Å². The van der Waals surface area contributed by atoms with Crippen LogP contribution in [-0.2, 0) is 11.8 Å². The lowest BCUT2D eigenvalue weighted by atomic mass is 10.1. The highest BCUT2D eigenvalue weighted by Crippen LogP contribution is 2.19. The first kappa shape index (κ1) is 11.4. The molecule has 0 aliphatic heterocycles. The molecule has 1 heterocycles. The van der Waals surface area contributed by atoms with Gasteiger partial charge in [0.15, 0.2) is 5.82 Å². The van der Waals surface area contributed by atoms with Crippen molar-refractivity contribution in [3.8, 4) is 0 Å². The molecule has 1 aromatic rings. The number of nitrogens with zero attached hydrogens (tertiary/aromatic N) is 2. The van der Waals surface area contributed by atoms with Gasteiger partial charge in [0.25, 0.3) is 5.56 Å². The molecule has 6 nitrogen and oxygen atoms in total. The second-order valence-corrected chi connectivity index (χ2v) is 4.01. The van der Waals surface area contributed by atoms with Gasteiger partial charge in [-0.1, -0.05) is 12.2 Å². The van der Waals surface area contributed by atoms with Crippen LogP contribution in [0.1, 0.15) is 6.42 Å². The molecule has 0 bridgehead atoms. The summed E-state index contributed by atoms with van der Waals surface area (Å²) in [6, 6.07) is -0.154. The predicted octanol–water partition coefficient (Wildman–Crippen LogP) is 0.221. The highest BCUT2D eigenvalue weighted by molar-refractivity contribution is 5.73. The predicted molar refractivity (Wildman–Crippen MR) is 61.8 cm³/mol. The minimum atomic E-state index is -0.848. The molecule has 2 N–H and O–H groups in total. The summed E-state index contributed by atoms with van der Waals surface area (Å²) in [6.07, 6.45) is 6.92. The third-order valence-corrected chi connectivity index (χ3v) is 2.74. The van der Waals surface area contributed by atoms with Crippen LogP contribution < -0.4 is 10.9 Å². The zero-order chi connectivity index (χ0) is 12.4. The van der Waals surface area contributed by atoms with Crippen molar-refractivity contribution in [1.29, 1.82) is 0 Å². The highest BCUT2D eigenvalue weighted by Gasteiger charge is 2.24. The molecule has 0 aromatic carbocycles. The molecule has 1 aliphatic rings. The van der Waals surface area contributed by atoms with Crippen LogP contribution >= 0.6 is 0 Å². The summed E-state index contributed by atoms with van der Waals surface area (Å²) in [4.78, 5) is 26.4. The Morgan fingerprint density at radius 1 is 1.59 bits per heavy atom. The monoisotopic (exact) mass is 235 g/mol. The van der Waals surface area contributed by atoms with Gasteiger partial charge in [0.05, 0.1) is 5.92 Å². The van der Waals surface area contributed by atoms with Crippen molar-refractivity contribution in [2.75, 3.05) is 5.32 Å². The van der Waals surface area contributed by atoms with E-state index in [1.807, 2.05) is 0 Å². The van der Waals surface area contributed by atoms with Crippen molar-refractivity contribution in [2.24, 2.45) is 13.0 Å². The van der Waals surface area contributed by atoms with Crippen LogP contribution in [0.5, 0.6) is 0 Å². The summed E-state index contributed by atoms with van der Waals surface area (Å²) in [7, 11) is 1.64. The minimum Gasteiger partial charge on any atom is -0.481 e. The van der Waals surface area contributed by atoms with E-state index >= 15 is 0 Å². The fraction of sp³-hybridized carbons (Fsp3) is 0.364. The molecule has 0 amide bonds. The van der Waals surface area contributed by atoms with Crippen LogP contribution in [0, 0.1) is 5.92 Å². The minimum absolute atomic E-state index is 0.154. The van der Waals surface area contributed by atoms with E-state index in [2.05, 4.69) is 10.3 Å². The topological polar surface area (TPSA) is 84.2 Å². The van der Waals surface area contributed by atoms with Crippen LogP contribution in [0.3, 0.4) is 0 Å². The third-order valence-electron chi connectivity index (χ3n) is 2.74. The van der Waals surface area contributed by atoms with Gasteiger partial charge in [0.2, 0.25) is 0 Å². The van der Waals surface area contributed by atoms with Crippen molar-refractivity contribution in [2.45, 2.75) is 12.5 Å². The number of hydrogen-bond acceptors (Lipinski definition) is 4. The molecular weight excluding hydrogens is 222 g/mol. The first-order chi connectivity index (χ1) is 8.08. The van der Waals surface area contributed by atoms with Crippen LogP contribution in [0.25, 0.3) is 0 Å². The summed E-state index contributed by atoms with van der Waals surface area (Å²) >= 11 is 0. The van der Waals surface area contributed by atoms with E-state index in [0.717, 1.165) is 0 Å². The van der Waals surface area contributed by atoms with Crippen molar-refractivity contribution in [3.63, 3.8) is 0 Å². The molecule has 0 spiro atoms. The van der Waals surface area contributed by atoms with Gasteiger partial charge in [0, 0.05) is 25.5 Å². The number of carboxylic acids is 1. The maximum absolute atomic E-state index is 11.7. The van der Waals surface area contributed by atoms with Crippen molar-refractivity contribution < 1.29 is 9.90 Å². The molecule has 17 heavy (non-hydrogen) atoms. The normalized spacial score (nSPS) is 22.6. The van der Waals surface area contributed by atoms with Crippen LogP contribution in [0.15, 0.2) is 29.3 Å². The summed E-state index contributed by atoms with van der Waals surface area (Å²) < 4.78 is 1.42. The average Bonchev–Trinajstić information content (AvgIpc) is 2.73. The maximum Gasteiger partial charge on any atom is 0.310 e. The summed E-state index contributed by atoms with van der Waals surface area (Å²) in [5, 5.41) is 11.8. The number of nitrogens with one attached hydrogen (secondary N) is 1. The smallest absolute Gasteiger partial charge is 0.310 e. The Morgan fingerprint density at radius 3 is 3.00 bits per heavy atom. The molecular formula is C11H13N3O3. The van der Waals surface area contributed by atoms with E-state index in [-0.39, 0.29) is 17.4 Å². The molecule has 0 saturated carbocycles. The van der Waals surface area contributed by atoms with Gasteiger partial charge in [-0.3, -0.25) is 9.59 Å². The Labute approximate surface area is 97.6 Å². The Kier molecular flexibility index (Phi) is 2.95. The standard InChI is InChI=1S/C11H13N3O3/c1-14-5-4-12-9(10(14)15)13-8-3-2-7(6-8)11(16)17/h2-5,7-8H,6H2,1H3,(H,12,13)(H,16,17). The molecule has 0 radical (unpaired) electrons. The lowest BCUT2D eigenvalue weighted by Gasteiger charge is -2.12. The molecule has 1 aromatic heterocycles. The maximum atomic E-state index is 11.7. The van der Waals surface area contributed by atoms with E-state index in [0.29, 0.717) is 6.42 Å². The summed E-state index contributed by atoms with van der Waals surface area (Å²) in [5.74, 6) is -1.09. The summed E-state index contributed by atoms with van der Waals surface area (Å²) in [5.41, 5.74) is -0.223. The molecule has 1 aliphatic carbocycles. The molecule has 0 saturated heterocycles. The fourth-order valence-electron chi connectivity index (χ4n) is 1.76. The first-order valence-electron chi connectivity index (χ1n) is 5.27. The SMILES string of the molecule is Cn1ccnc(NC2C=CC(C(=O)O)C2)c1=O. The van der Waals surface area contributed by atoms with Gasteiger partial charge in [0.1, 0.15) is 0 Å². The van der Waals surface area contributed by atoms with E-state index in [1.165, 1.54) is 10.8 Å². The van der Waals surface area contributed by atoms with Crippen molar-refractivity contribution in [1.82, 2.24) is 9.55 Å². The van der Waals surface area contributed by atoms with E-state index in [9.17, 15) is 9.59 Å². The third kappa shape index (κ3) is 2.35. The van der Waals surface area contributed by atoms with E-state index in [1.54, 1.807) is 25.4 Å². The fourth-order valence-corrected chi connectivity index (χ4v) is 1.76. The first-order valence-corrected chi connectivity index (χ1v) is 5.27. The van der Waals surface area contributed by atoms with Gasteiger partial charge in [-0.2, -0.15) is 0 Å². The van der Waals surface area contributed by atoms with Gasteiger partial charge >= 0.3 is 5.97 Å². The number of carbonyl (C=O) groups is 1. The average molecular weight is 235 g/mol. The highest BCUT2D eigenvalue weighted by atomic mass is 16.4. The molecule has 6 heteroatoms. The van der Waals surface area contributed by atoms with Crippen molar-refractivity contribution in [3.05, 3.63) is 34.9 Å². The number of aryl methyl sites for hydroxylation is 1. The quantitative estimate of drug-likeness (QED) is 0.732. The van der Waals surface area contributed by atoms with Crippen LogP contribution in [0.2, 0.25) is 0 Å². The molecule has 2 atom stereocenters. The Hall–Kier alpha value is -2.11. The molecule has 2 unspecified atom stereocenters. The summed E-state index contributed by atoms with van der Waals surface area (Å²) in [6.45, 7) is 0. The number of anilines is 1. The lowest BCUT2D eigenvalue weighted by molar-refractivity contribution is -0.140. The Balaban J connectivity index is 2.09. The number of aliphatic carboxylic acids is 1. The Bertz CT molecular complexity index is 521. The van der Waals surface area contributed by atoms with Gasteiger partial charge in [-0.05, 0) is 6.42 Å². The zero-order valence-electron chi connectivity index (χ0n) is 9.33. The lowest BCUT2D eigenvalue weighted by Crippen LogP contribution is -2.27. The van der Waals surface area contributed by atoms with Crippen LogP contribution in [-0.4, -0.2) is 26.7 Å². The van der Waals surface area contributed by atoms with Crippen molar-refractivity contribution >= 4 is 11.8 Å². The number of carboxylic acid groups (broad SMARTS) is 1. The molecule has 0 fully saturated rings. The number of rotatable bonds is 3. The van der Waals surface area contributed by atoms with Crippen LogP contribution in [0.4, 0.5) is 5.82 Å². The molecule has 2 rings (SSSR count). The second kappa shape index (κ2) is 4.40. The zero-order valence-corrected chi connectivity index (χ0v) is 9.33. The number of hydrogen-bond donors (Lipinski definition) is 2. The Morgan fingerprint density at radius 2 is 2.35 bits per heavy atom. The largest absolute Gasteiger partial charge is 0.481 e. The van der Waals surface area contributed by atoms with E-state index < -0.39 is 11.9 Å². The van der Waals surface area contributed by atoms with Gasteiger partial charge in [-0.15, -0.1) is 0 Å². The second-order valence-electron chi connectivity index (χ2n) is 4.01. The van der Waals surface area contributed by atoms with E-state index in [4.69, 9.17) is 5.11 Å². The van der Waals surface area contributed by atoms with Gasteiger partial charge in [-0.25, -0.2) is 4.98 Å².